The first kappa shape index (κ1) is 13.5. The molecule has 2 rings (SSSR count). The minimum Gasteiger partial charge on any atom is -0.298 e. The molecule has 98 valence electrons. The predicted octanol–water partition coefficient (Wildman–Crippen LogP) is 2.45. The molecule has 1 saturated heterocycles. The Hall–Kier alpha value is -1.95. The molecule has 0 N–H and O–H groups in total. The SMILES string of the molecule is CC(=O)CN1C(=O)S/C(=C\c2ccc(F)cc2)C1=O. The Balaban J connectivity index is 2.23. The number of hydrogen-bond acceptors (Lipinski definition) is 4. The van der Waals surface area contributed by atoms with Crippen molar-refractivity contribution in [1.29, 1.82) is 0 Å². The van der Waals surface area contributed by atoms with Gasteiger partial charge in [0.25, 0.3) is 11.1 Å². The van der Waals surface area contributed by atoms with E-state index in [-0.39, 0.29) is 23.1 Å². The van der Waals surface area contributed by atoms with Crippen LogP contribution in [0.2, 0.25) is 0 Å². The molecular formula is C13H10FNO3S. The first-order chi connectivity index (χ1) is 8.97. The van der Waals surface area contributed by atoms with Gasteiger partial charge in [0.1, 0.15) is 11.6 Å². The fourth-order valence-electron chi connectivity index (χ4n) is 1.57. The summed E-state index contributed by atoms with van der Waals surface area (Å²) in [6.45, 7) is 1.10. The molecule has 1 heterocycles. The highest BCUT2D eigenvalue weighted by Crippen LogP contribution is 2.31. The number of carbonyl (C=O) groups is 3. The number of rotatable bonds is 3. The molecule has 0 saturated carbocycles. The molecule has 0 spiro atoms. The van der Waals surface area contributed by atoms with Crippen molar-refractivity contribution in [3.63, 3.8) is 0 Å². The van der Waals surface area contributed by atoms with Crippen molar-refractivity contribution in [2.45, 2.75) is 6.92 Å². The average molecular weight is 279 g/mol. The standard InChI is InChI=1S/C13H10FNO3S/c1-8(16)7-15-12(17)11(19-13(15)18)6-9-2-4-10(14)5-3-9/h2-6H,7H2,1H3/b11-6-. The molecule has 0 atom stereocenters. The number of amides is 2. The third-order valence-corrected chi connectivity index (χ3v) is 3.33. The molecule has 1 aliphatic rings. The van der Waals surface area contributed by atoms with E-state index in [4.69, 9.17) is 0 Å². The van der Waals surface area contributed by atoms with Gasteiger partial charge < -0.3 is 0 Å². The number of benzene rings is 1. The van der Waals surface area contributed by atoms with Gasteiger partial charge in [0.05, 0.1) is 11.4 Å². The van der Waals surface area contributed by atoms with Gasteiger partial charge in [-0.2, -0.15) is 0 Å². The van der Waals surface area contributed by atoms with E-state index in [1.165, 1.54) is 37.3 Å². The molecule has 0 bridgehead atoms. The molecule has 2 amide bonds. The van der Waals surface area contributed by atoms with Crippen molar-refractivity contribution < 1.29 is 18.8 Å². The van der Waals surface area contributed by atoms with Gasteiger partial charge in [-0.25, -0.2) is 4.39 Å². The molecule has 0 aliphatic carbocycles. The first-order valence-electron chi connectivity index (χ1n) is 5.48. The second-order valence-corrected chi connectivity index (χ2v) is 5.01. The Bertz CT molecular complexity index is 580. The number of imide groups is 1. The van der Waals surface area contributed by atoms with Gasteiger partial charge >= 0.3 is 0 Å². The van der Waals surface area contributed by atoms with E-state index in [0.717, 1.165) is 16.7 Å². The minimum atomic E-state index is -0.491. The molecule has 0 aromatic heterocycles. The Morgan fingerprint density at radius 1 is 1.32 bits per heavy atom. The third-order valence-electron chi connectivity index (χ3n) is 2.42. The van der Waals surface area contributed by atoms with Crippen LogP contribution in [0.3, 0.4) is 0 Å². The van der Waals surface area contributed by atoms with Crippen LogP contribution in [0.25, 0.3) is 6.08 Å². The molecule has 1 aromatic carbocycles. The van der Waals surface area contributed by atoms with Crippen LogP contribution in [0.4, 0.5) is 9.18 Å². The van der Waals surface area contributed by atoms with Crippen LogP contribution < -0.4 is 0 Å². The summed E-state index contributed by atoms with van der Waals surface area (Å²) in [4.78, 5) is 35.6. The largest absolute Gasteiger partial charge is 0.298 e. The number of thioether (sulfide) groups is 1. The Labute approximate surface area is 113 Å². The smallest absolute Gasteiger partial charge is 0.293 e. The van der Waals surface area contributed by atoms with Crippen LogP contribution in [-0.4, -0.2) is 28.4 Å². The van der Waals surface area contributed by atoms with Crippen LogP contribution in [0.1, 0.15) is 12.5 Å². The summed E-state index contributed by atoms with van der Waals surface area (Å²) >= 11 is 0.775. The van der Waals surface area contributed by atoms with Crippen LogP contribution in [0.5, 0.6) is 0 Å². The van der Waals surface area contributed by atoms with Crippen LogP contribution >= 0.6 is 11.8 Å². The molecule has 1 fully saturated rings. The van der Waals surface area contributed by atoms with Gasteiger partial charge in [-0.1, -0.05) is 12.1 Å². The lowest BCUT2D eigenvalue weighted by Crippen LogP contribution is -2.32. The van der Waals surface area contributed by atoms with Gasteiger partial charge in [0.15, 0.2) is 0 Å². The van der Waals surface area contributed by atoms with Crippen LogP contribution in [0.15, 0.2) is 29.2 Å². The Morgan fingerprint density at radius 2 is 1.95 bits per heavy atom. The maximum Gasteiger partial charge on any atom is 0.293 e. The van der Waals surface area contributed by atoms with E-state index in [0.29, 0.717) is 5.56 Å². The highest BCUT2D eigenvalue weighted by atomic mass is 32.2. The van der Waals surface area contributed by atoms with Gasteiger partial charge in [-0.15, -0.1) is 0 Å². The van der Waals surface area contributed by atoms with Crippen molar-refractivity contribution in [1.82, 2.24) is 4.90 Å². The van der Waals surface area contributed by atoms with Crippen LogP contribution in [0, 0.1) is 5.82 Å². The highest BCUT2D eigenvalue weighted by Gasteiger charge is 2.35. The van der Waals surface area contributed by atoms with E-state index in [9.17, 15) is 18.8 Å². The predicted molar refractivity (Wildman–Crippen MR) is 69.8 cm³/mol. The quantitative estimate of drug-likeness (QED) is 0.797. The number of halogens is 1. The molecular weight excluding hydrogens is 269 g/mol. The fraction of sp³-hybridized carbons (Fsp3) is 0.154. The average Bonchev–Trinajstić information content (AvgIpc) is 2.60. The van der Waals surface area contributed by atoms with Gasteiger partial charge in [0, 0.05) is 0 Å². The maximum absolute atomic E-state index is 12.8. The zero-order valence-corrected chi connectivity index (χ0v) is 10.9. The topological polar surface area (TPSA) is 54.5 Å². The van der Waals surface area contributed by atoms with Gasteiger partial charge in [-0.05, 0) is 42.5 Å². The highest BCUT2D eigenvalue weighted by molar-refractivity contribution is 8.18. The monoisotopic (exact) mass is 279 g/mol. The number of hydrogen-bond donors (Lipinski definition) is 0. The van der Waals surface area contributed by atoms with E-state index in [1.54, 1.807) is 0 Å². The molecule has 19 heavy (non-hydrogen) atoms. The molecule has 0 radical (unpaired) electrons. The van der Waals surface area contributed by atoms with Crippen molar-refractivity contribution in [2.24, 2.45) is 0 Å². The minimum absolute atomic E-state index is 0.217. The van der Waals surface area contributed by atoms with Crippen LogP contribution in [-0.2, 0) is 9.59 Å². The summed E-state index contributed by atoms with van der Waals surface area (Å²) in [5.74, 6) is -1.12. The molecule has 1 aliphatic heterocycles. The molecule has 0 unspecified atom stereocenters. The maximum atomic E-state index is 12.8. The summed E-state index contributed by atoms with van der Waals surface area (Å²) in [5.41, 5.74) is 0.620. The molecule has 6 heteroatoms. The lowest BCUT2D eigenvalue weighted by Gasteiger charge is -2.08. The number of ketones is 1. The number of carbonyl (C=O) groups excluding carboxylic acids is 3. The second kappa shape index (κ2) is 5.36. The van der Waals surface area contributed by atoms with Crippen molar-refractivity contribution in [3.8, 4) is 0 Å². The zero-order valence-electron chi connectivity index (χ0n) is 10.1. The van der Waals surface area contributed by atoms with E-state index in [1.807, 2.05) is 0 Å². The van der Waals surface area contributed by atoms with E-state index in [2.05, 4.69) is 0 Å². The first-order valence-corrected chi connectivity index (χ1v) is 6.29. The summed E-state index contributed by atoms with van der Waals surface area (Å²) in [6.07, 6.45) is 1.50. The Kier molecular flexibility index (Phi) is 3.80. The number of nitrogens with zero attached hydrogens (tertiary/aromatic N) is 1. The Morgan fingerprint density at radius 3 is 2.53 bits per heavy atom. The van der Waals surface area contributed by atoms with Crippen molar-refractivity contribution in [2.75, 3.05) is 6.54 Å². The van der Waals surface area contributed by atoms with E-state index < -0.39 is 11.1 Å². The van der Waals surface area contributed by atoms with E-state index >= 15 is 0 Å². The fourth-order valence-corrected chi connectivity index (χ4v) is 2.41. The zero-order chi connectivity index (χ0) is 14.0. The summed E-state index contributed by atoms with van der Waals surface area (Å²) < 4.78 is 12.8. The molecule has 4 nitrogen and oxygen atoms in total. The summed E-state index contributed by atoms with van der Waals surface area (Å²) in [7, 11) is 0. The lowest BCUT2D eigenvalue weighted by atomic mass is 10.2. The lowest BCUT2D eigenvalue weighted by molar-refractivity contribution is -0.127. The number of Topliss-reactive ketones (excluding diaryl/α,β-unsaturated/α-hetero) is 1. The normalized spacial score (nSPS) is 17.4. The summed E-state index contributed by atoms with van der Waals surface area (Å²) in [6, 6.07) is 5.56. The van der Waals surface area contributed by atoms with Gasteiger partial charge in [-0.3, -0.25) is 19.3 Å². The van der Waals surface area contributed by atoms with Crippen molar-refractivity contribution >= 4 is 34.8 Å². The second-order valence-electron chi connectivity index (χ2n) is 4.02. The van der Waals surface area contributed by atoms with Crippen molar-refractivity contribution in [3.05, 3.63) is 40.6 Å². The third kappa shape index (κ3) is 3.08. The molecule has 1 aromatic rings. The summed E-state index contributed by atoms with van der Waals surface area (Å²) in [5, 5.41) is -0.464. The van der Waals surface area contributed by atoms with Gasteiger partial charge in [0.2, 0.25) is 0 Å².